The molecule has 1 atom stereocenters. The van der Waals surface area contributed by atoms with Crippen LogP contribution in [0.5, 0.6) is 0 Å². The fourth-order valence-corrected chi connectivity index (χ4v) is 2.18. The van der Waals surface area contributed by atoms with Gasteiger partial charge in [0.1, 0.15) is 0 Å². The average molecular weight is 230 g/mol. The molecule has 3 heteroatoms. The van der Waals surface area contributed by atoms with Crippen molar-refractivity contribution in [2.45, 2.75) is 26.0 Å². The van der Waals surface area contributed by atoms with Gasteiger partial charge in [-0.3, -0.25) is 4.90 Å². The molecule has 2 rings (SSSR count). The fraction of sp³-hybridized carbons (Fsp3) is 0.500. The molecule has 1 fully saturated rings. The first-order valence-corrected chi connectivity index (χ1v) is 6.15. The van der Waals surface area contributed by atoms with Crippen molar-refractivity contribution in [3.63, 3.8) is 0 Å². The highest BCUT2D eigenvalue weighted by Crippen LogP contribution is 2.14. The van der Waals surface area contributed by atoms with Crippen LogP contribution in [0.3, 0.4) is 0 Å². The summed E-state index contributed by atoms with van der Waals surface area (Å²) in [6, 6.07) is 10.1. The van der Waals surface area contributed by atoms with Crippen molar-refractivity contribution in [2.75, 3.05) is 19.7 Å². The van der Waals surface area contributed by atoms with Gasteiger partial charge in [0, 0.05) is 19.6 Å². The Labute approximate surface area is 103 Å². The van der Waals surface area contributed by atoms with Gasteiger partial charge in [0.05, 0.1) is 24.3 Å². The Bertz CT molecular complexity index is 411. The van der Waals surface area contributed by atoms with Crippen LogP contribution in [0.25, 0.3) is 0 Å². The Balaban J connectivity index is 2.03. The van der Waals surface area contributed by atoms with Gasteiger partial charge in [0.15, 0.2) is 0 Å². The Morgan fingerprint density at radius 3 is 3.06 bits per heavy atom. The molecule has 1 aromatic rings. The maximum Gasteiger partial charge on any atom is 0.0995 e. The normalized spacial score (nSPS) is 21.1. The van der Waals surface area contributed by atoms with Gasteiger partial charge in [-0.2, -0.15) is 5.26 Å². The third-order valence-electron chi connectivity index (χ3n) is 3.21. The van der Waals surface area contributed by atoms with E-state index in [2.05, 4.69) is 17.9 Å². The van der Waals surface area contributed by atoms with Crippen LogP contribution in [0.2, 0.25) is 0 Å². The summed E-state index contributed by atoms with van der Waals surface area (Å²) in [6.45, 7) is 5.72. The molecule has 90 valence electrons. The van der Waals surface area contributed by atoms with Crippen molar-refractivity contribution in [3.05, 3.63) is 35.4 Å². The van der Waals surface area contributed by atoms with Gasteiger partial charge in [-0.15, -0.1) is 0 Å². The molecule has 0 aliphatic carbocycles. The summed E-state index contributed by atoms with van der Waals surface area (Å²) in [4.78, 5) is 2.37. The van der Waals surface area contributed by atoms with E-state index in [0.717, 1.165) is 43.8 Å². The van der Waals surface area contributed by atoms with Crippen molar-refractivity contribution in [2.24, 2.45) is 0 Å². The van der Waals surface area contributed by atoms with Gasteiger partial charge in [0.25, 0.3) is 0 Å². The molecule has 0 N–H and O–H groups in total. The zero-order chi connectivity index (χ0) is 12.1. The largest absolute Gasteiger partial charge is 0.376 e. The quantitative estimate of drug-likeness (QED) is 0.798. The standard InChI is InChI=1S/C14H18N2O/c1-2-14-11-16(7-8-17-14)10-13-6-4-3-5-12(13)9-15/h3-6,14H,2,7-8,10-11H2,1H3/t14-/m1/s1. The summed E-state index contributed by atoms with van der Waals surface area (Å²) in [5.41, 5.74) is 1.90. The predicted octanol–water partition coefficient (Wildman–Crippen LogP) is 2.17. The molecule has 0 unspecified atom stereocenters. The number of hydrogen-bond acceptors (Lipinski definition) is 3. The Kier molecular flexibility index (Phi) is 4.13. The molecule has 1 heterocycles. The molecule has 0 amide bonds. The maximum atomic E-state index is 9.05. The molecule has 0 radical (unpaired) electrons. The number of rotatable bonds is 3. The molecular weight excluding hydrogens is 212 g/mol. The molecule has 1 saturated heterocycles. The smallest absolute Gasteiger partial charge is 0.0995 e. The first-order chi connectivity index (χ1) is 8.33. The second kappa shape index (κ2) is 5.81. The summed E-state index contributed by atoms with van der Waals surface area (Å²) in [5.74, 6) is 0. The van der Waals surface area contributed by atoms with E-state index in [1.54, 1.807) is 0 Å². The first kappa shape index (κ1) is 12.1. The van der Waals surface area contributed by atoms with Crippen LogP contribution in [0.4, 0.5) is 0 Å². The van der Waals surface area contributed by atoms with Gasteiger partial charge in [0.2, 0.25) is 0 Å². The van der Waals surface area contributed by atoms with E-state index < -0.39 is 0 Å². The molecule has 0 aromatic heterocycles. The zero-order valence-corrected chi connectivity index (χ0v) is 10.2. The SMILES string of the molecule is CC[C@@H]1CN(Cc2ccccc2C#N)CCO1. The van der Waals surface area contributed by atoms with Crippen LogP contribution >= 0.6 is 0 Å². The van der Waals surface area contributed by atoms with E-state index >= 15 is 0 Å². The number of hydrogen-bond donors (Lipinski definition) is 0. The van der Waals surface area contributed by atoms with E-state index in [0.29, 0.717) is 6.10 Å². The van der Waals surface area contributed by atoms with Gasteiger partial charge < -0.3 is 4.74 Å². The number of benzene rings is 1. The van der Waals surface area contributed by atoms with Crippen molar-refractivity contribution < 1.29 is 4.74 Å². The second-order valence-corrected chi connectivity index (χ2v) is 4.41. The molecule has 3 nitrogen and oxygen atoms in total. The van der Waals surface area contributed by atoms with E-state index in [1.165, 1.54) is 0 Å². The number of nitriles is 1. The minimum Gasteiger partial charge on any atom is -0.376 e. The summed E-state index contributed by atoms with van der Waals surface area (Å²) in [5, 5.41) is 9.05. The van der Waals surface area contributed by atoms with E-state index in [1.807, 2.05) is 24.3 Å². The fourth-order valence-electron chi connectivity index (χ4n) is 2.18. The summed E-state index contributed by atoms with van der Waals surface area (Å²) >= 11 is 0. The molecule has 1 aliphatic rings. The Morgan fingerprint density at radius 2 is 2.29 bits per heavy atom. The van der Waals surface area contributed by atoms with Crippen LogP contribution in [0.1, 0.15) is 24.5 Å². The predicted molar refractivity (Wildman–Crippen MR) is 66.5 cm³/mol. The van der Waals surface area contributed by atoms with Gasteiger partial charge in [-0.25, -0.2) is 0 Å². The molecule has 1 aromatic carbocycles. The van der Waals surface area contributed by atoms with Crippen LogP contribution in [0.15, 0.2) is 24.3 Å². The van der Waals surface area contributed by atoms with Crippen molar-refractivity contribution in [3.8, 4) is 6.07 Å². The molecule has 0 saturated carbocycles. The minimum atomic E-state index is 0.345. The number of ether oxygens (including phenoxy) is 1. The van der Waals surface area contributed by atoms with Crippen LogP contribution in [-0.2, 0) is 11.3 Å². The highest BCUT2D eigenvalue weighted by molar-refractivity contribution is 5.37. The lowest BCUT2D eigenvalue weighted by molar-refractivity contribution is -0.0324. The highest BCUT2D eigenvalue weighted by Gasteiger charge is 2.19. The molecular formula is C14H18N2O. The topological polar surface area (TPSA) is 36.3 Å². The van der Waals surface area contributed by atoms with E-state index in [-0.39, 0.29) is 0 Å². The zero-order valence-electron chi connectivity index (χ0n) is 10.2. The first-order valence-electron chi connectivity index (χ1n) is 6.15. The lowest BCUT2D eigenvalue weighted by Gasteiger charge is -2.32. The molecule has 0 spiro atoms. The van der Waals surface area contributed by atoms with E-state index in [4.69, 9.17) is 10.00 Å². The third kappa shape index (κ3) is 3.06. The number of nitrogens with zero attached hydrogens (tertiary/aromatic N) is 2. The maximum absolute atomic E-state index is 9.05. The van der Waals surface area contributed by atoms with Gasteiger partial charge >= 0.3 is 0 Å². The second-order valence-electron chi connectivity index (χ2n) is 4.41. The average Bonchev–Trinajstić information content (AvgIpc) is 2.39. The Hall–Kier alpha value is -1.37. The van der Waals surface area contributed by atoms with Crippen LogP contribution in [0, 0.1) is 11.3 Å². The van der Waals surface area contributed by atoms with Crippen molar-refractivity contribution >= 4 is 0 Å². The summed E-state index contributed by atoms with van der Waals surface area (Å²) in [7, 11) is 0. The molecule has 17 heavy (non-hydrogen) atoms. The lowest BCUT2D eigenvalue weighted by Crippen LogP contribution is -2.41. The van der Waals surface area contributed by atoms with Crippen LogP contribution in [-0.4, -0.2) is 30.7 Å². The minimum absolute atomic E-state index is 0.345. The number of morpholine rings is 1. The summed E-state index contributed by atoms with van der Waals surface area (Å²) < 4.78 is 5.64. The third-order valence-corrected chi connectivity index (χ3v) is 3.21. The highest BCUT2D eigenvalue weighted by atomic mass is 16.5. The lowest BCUT2D eigenvalue weighted by atomic mass is 10.1. The van der Waals surface area contributed by atoms with Crippen molar-refractivity contribution in [1.29, 1.82) is 5.26 Å². The van der Waals surface area contributed by atoms with Crippen molar-refractivity contribution in [1.82, 2.24) is 4.90 Å². The monoisotopic (exact) mass is 230 g/mol. The van der Waals surface area contributed by atoms with Gasteiger partial charge in [-0.05, 0) is 18.1 Å². The summed E-state index contributed by atoms with van der Waals surface area (Å²) in [6.07, 6.45) is 1.40. The molecule has 1 aliphatic heterocycles. The van der Waals surface area contributed by atoms with Gasteiger partial charge in [-0.1, -0.05) is 25.1 Å². The Morgan fingerprint density at radius 1 is 1.47 bits per heavy atom. The molecule has 0 bridgehead atoms. The van der Waals surface area contributed by atoms with Crippen LogP contribution < -0.4 is 0 Å². The van der Waals surface area contributed by atoms with E-state index in [9.17, 15) is 0 Å².